The first-order chi connectivity index (χ1) is 16.2. The summed E-state index contributed by atoms with van der Waals surface area (Å²) in [5.74, 6) is -0.274. The standard InChI is InChI=1S/C29H30N2O2/c32-27(30-20-17-22-11-3-1-4-12-22)26-24-15-7-8-16-25(24)28(33)31(29(26)18-9-10-19-29)21-23-13-5-2-6-14-23/h1-8,11-16,26H,9-10,17-21H2,(H,30,32)/t26-/m0/s1. The van der Waals surface area contributed by atoms with E-state index in [1.54, 1.807) is 0 Å². The van der Waals surface area contributed by atoms with E-state index in [-0.39, 0.29) is 17.7 Å². The van der Waals surface area contributed by atoms with E-state index in [2.05, 4.69) is 29.6 Å². The second-order valence-corrected chi connectivity index (χ2v) is 9.23. The van der Waals surface area contributed by atoms with Gasteiger partial charge in [0, 0.05) is 18.7 Å². The Balaban J connectivity index is 1.48. The fourth-order valence-electron chi connectivity index (χ4n) is 5.74. The van der Waals surface area contributed by atoms with Gasteiger partial charge >= 0.3 is 0 Å². The highest BCUT2D eigenvalue weighted by Crippen LogP contribution is 2.50. The van der Waals surface area contributed by atoms with E-state index >= 15 is 0 Å². The van der Waals surface area contributed by atoms with Crippen LogP contribution in [0.1, 0.15) is 58.6 Å². The van der Waals surface area contributed by atoms with Crippen molar-refractivity contribution in [3.63, 3.8) is 0 Å². The van der Waals surface area contributed by atoms with Crippen LogP contribution in [0.5, 0.6) is 0 Å². The van der Waals surface area contributed by atoms with Gasteiger partial charge in [-0.05, 0) is 42.0 Å². The number of hydrogen-bond donors (Lipinski definition) is 1. The minimum Gasteiger partial charge on any atom is -0.355 e. The number of fused-ring (bicyclic) bond motifs is 1. The molecule has 2 amide bonds. The van der Waals surface area contributed by atoms with Crippen LogP contribution in [-0.2, 0) is 17.8 Å². The fourth-order valence-corrected chi connectivity index (χ4v) is 5.74. The van der Waals surface area contributed by atoms with Crippen molar-refractivity contribution in [3.8, 4) is 0 Å². The Morgan fingerprint density at radius 2 is 1.45 bits per heavy atom. The first kappa shape index (κ1) is 21.4. The molecule has 1 fully saturated rings. The Morgan fingerprint density at radius 3 is 2.15 bits per heavy atom. The SMILES string of the molecule is O=C(NCCc1ccccc1)[C@@H]1c2ccccc2C(=O)N(Cc2ccccc2)C12CCCC2. The van der Waals surface area contributed by atoms with E-state index in [4.69, 9.17) is 0 Å². The van der Waals surface area contributed by atoms with E-state index in [1.165, 1.54) is 5.56 Å². The maximum Gasteiger partial charge on any atom is 0.254 e. The van der Waals surface area contributed by atoms with Gasteiger partial charge in [-0.25, -0.2) is 0 Å². The maximum absolute atomic E-state index is 13.8. The van der Waals surface area contributed by atoms with Gasteiger partial charge in [0.15, 0.2) is 0 Å². The molecule has 1 spiro atoms. The second-order valence-electron chi connectivity index (χ2n) is 9.23. The Kier molecular flexibility index (Phi) is 5.99. The fraction of sp³-hybridized carbons (Fsp3) is 0.310. The minimum atomic E-state index is -0.474. The van der Waals surface area contributed by atoms with Crippen molar-refractivity contribution in [2.75, 3.05) is 6.54 Å². The number of rotatable bonds is 6. The molecule has 168 valence electrons. The third kappa shape index (κ3) is 4.06. The first-order valence-corrected chi connectivity index (χ1v) is 12.0. The lowest BCUT2D eigenvalue weighted by molar-refractivity contribution is -0.126. The molecule has 4 heteroatoms. The molecule has 3 aromatic rings. The zero-order chi connectivity index (χ0) is 22.7. The van der Waals surface area contributed by atoms with Crippen LogP contribution in [0.3, 0.4) is 0 Å². The van der Waals surface area contributed by atoms with Crippen LogP contribution >= 0.6 is 0 Å². The zero-order valence-electron chi connectivity index (χ0n) is 18.9. The molecule has 0 bridgehead atoms. The van der Waals surface area contributed by atoms with Gasteiger partial charge in [-0.15, -0.1) is 0 Å². The number of hydrogen-bond acceptors (Lipinski definition) is 2. The van der Waals surface area contributed by atoms with Gasteiger partial charge in [0.2, 0.25) is 5.91 Å². The smallest absolute Gasteiger partial charge is 0.254 e. The lowest BCUT2D eigenvalue weighted by atomic mass is 9.71. The molecule has 2 aliphatic rings. The van der Waals surface area contributed by atoms with E-state index in [1.807, 2.05) is 65.6 Å². The summed E-state index contributed by atoms with van der Waals surface area (Å²) in [6.45, 7) is 1.12. The summed E-state index contributed by atoms with van der Waals surface area (Å²) in [6, 6.07) is 28.0. The average molecular weight is 439 g/mol. The molecule has 1 N–H and O–H groups in total. The largest absolute Gasteiger partial charge is 0.355 e. The lowest BCUT2D eigenvalue weighted by Crippen LogP contribution is -2.60. The molecule has 1 heterocycles. The van der Waals surface area contributed by atoms with E-state index in [0.717, 1.165) is 43.2 Å². The molecule has 5 rings (SSSR count). The predicted octanol–water partition coefficient (Wildman–Crippen LogP) is 5.10. The van der Waals surface area contributed by atoms with Crippen LogP contribution in [0.4, 0.5) is 0 Å². The first-order valence-electron chi connectivity index (χ1n) is 12.0. The van der Waals surface area contributed by atoms with Gasteiger partial charge in [-0.1, -0.05) is 91.7 Å². The molecular weight excluding hydrogens is 408 g/mol. The molecule has 0 saturated heterocycles. The molecule has 4 nitrogen and oxygen atoms in total. The normalized spacial score (nSPS) is 18.8. The van der Waals surface area contributed by atoms with Crippen LogP contribution in [0.15, 0.2) is 84.9 Å². The van der Waals surface area contributed by atoms with Crippen LogP contribution < -0.4 is 5.32 Å². The maximum atomic E-state index is 13.8. The molecule has 1 saturated carbocycles. The van der Waals surface area contributed by atoms with Gasteiger partial charge in [0.1, 0.15) is 0 Å². The monoisotopic (exact) mass is 438 g/mol. The Morgan fingerprint density at radius 1 is 0.848 bits per heavy atom. The summed E-state index contributed by atoms with van der Waals surface area (Å²) in [7, 11) is 0. The topological polar surface area (TPSA) is 49.4 Å². The molecule has 1 aliphatic carbocycles. The van der Waals surface area contributed by atoms with Gasteiger partial charge in [-0.3, -0.25) is 9.59 Å². The van der Waals surface area contributed by atoms with Crippen molar-refractivity contribution in [3.05, 3.63) is 107 Å². The number of carbonyl (C=O) groups excluding carboxylic acids is 2. The van der Waals surface area contributed by atoms with E-state index in [0.29, 0.717) is 18.7 Å². The van der Waals surface area contributed by atoms with Crippen molar-refractivity contribution >= 4 is 11.8 Å². The summed E-state index contributed by atoms with van der Waals surface area (Å²) in [4.78, 5) is 29.5. The molecule has 1 aliphatic heterocycles. The molecule has 0 unspecified atom stereocenters. The molecule has 1 atom stereocenters. The van der Waals surface area contributed by atoms with Crippen LogP contribution in [0.25, 0.3) is 0 Å². The highest BCUT2D eigenvalue weighted by Gasteiger charge is 2.55. The van der Waals surface area contributed by atoms with E-state index in [9.17, 15) is 9.59 Å². The van der Waals surface area contributed by atoms with Crippen molar-refractivity contribution in [1.29, 1.82) is 0 Å². The van der Waals surface area contributed by atoms with Crippen molar-refractivity contribution in [2.24, 2.45) is 0 Å². The zero-order valence-corrected chi connectivity index (χ0v) is 18.9. The Labute approximate surface area is 195 Å². The summed E-state index contributed by atoms with van der Waals surface area (Å²) in [5.41, 5.74) is 3.37. The van der Waals surface area contributed by atoms with E-state index < -0.39 is 5.54 Å². The highest BCUT2D eigenvalue weighted by molar-refractivity contribution is 6.02. The van der Waals surface area contributed by atoms with Crippen molar-refractivity contribution in [1.82, 2.24) is 10.2 Å². The van der Waals surface area contributed by atoms with Crippen molar-refractivity contribution in [2.45, 2.75) is 50.1 Å². The predicted molar refractivity (Wildman–Crippen MR) is 130 cm³/mol. The third-order valence-electron chi connectivity index (χ3n) is 7.29. The van der Waals surface area contributed by atoms with Crippen LogP contribution in [0.2, 0.25) is 0 Å². The number of benzene rings is 3. The molecule has 3 aromatic carbocycles. The number of nitrogens with zero attached hydrogens (tertiary/aromatic N) is 1. The van der Waals surface area contributed by atoms with Gasteiger partial charge in [-0.2, -0.15) is 0 Å². The van der Waals surface area contributed by atoms with Gasteiger partial charge in [0.05, 0.1) is 11.5 Å². The lowest BCUT2D eigenvalue weighted by Gasteiger charge is -2.50. The summed E-state index contributed by atoms with van der Waals surface area (Å²) >= 11 is 0. The van der Waals surface area contributed by atoms with Gasteiger partial charge < -0.3 is 10.2 Å². The molecule has 33 heavy (non-hydrogen) atoms. The summed E-state index contributed by atoms with van der Waals surface area (Å²) < 4.78 is 0. The number of nitrogens with one attached hydrogen (secondary N) is 1. The molecule has 0 radical (unpaired) electrons. The number of amides is 2. The molecular formula is C29H30N2O2. The summed E-state index contributed by atoms with van der Waals surface area (Å²) in [6.07, 6.45) is 4.58. The van der Waals surface area contributed by atoms with Crippen molar-refractivity contribution < 1.29 is 9.59 Å². The minimum absolute atomic E-state index is 0.0332. The summed E-state index contributed by atoms with van der Waals surface area (Å²) in [5, 5.41) is 3.22. The Bertz CT molecular complexity index is 1120. The highest BCUT2D eigenvalue weighted by atomic mass is 16.2. The van der Waals surface area contributed by atoms with Crippen LogP contribution in [0, 0.1) is 0 Å². The van der Waals surface area contributed by atoms with Crippen LogP contribution in [-0.4, -0.2) is 28.8 Å². The average Bonchev–Trinajstić information content (AvgIpc) is 3.33. The number of carbonyl (C=O) groups is 2. The quantitative estimate of drug-likeness (QED) is 0.582. The Hall–Kier alpha value is -3.40. The van der Waals surface area contributed by atoms with Gasteiger partial charge in [0.25, 0.3) is 5.91 Å². The molecule has 0 aromatic heterocycles. The third-order valence-corrected chi connectivity index (χ3v) is 7.29. The second kappa shape index (κ2) is 9.22.